The molecule has 0 saturated carbocycles. The lowest BCUT2D eigenvalue weighted by Gasteiger charge is -2.25. The highest BCUT2D eigenvalue weighted by molar-refractivity contribution is 5.97. The van der Waals surface area contributed by atoms with Crippen LogP contribution in [0.25, 0.3) is 11.0 Å². The zero-order valence-electron chi connectivity index (χ0n) is 13.8. The normalized spacial score (nSPS) is 15.9. The summed E-state index contributed by atoms with van der Waals surface area (Å²) in [4.78, 5) is 14.7. The molecule has 0 bridgehead atoms. The summed E-state index contributed by atoms with van der Waals surface area (Å²) in [5.41, 5.74) is 0.746. The average Bonchev–Trinajstić information content (AvgIpc) is 3.02. The molecule has 0 unspecified atom stereocenters. The topological polar surface area (TPSA) is 42.7 Å². The second-order valence-electron chi connectivity index (χ2n) is 6.23. The number of likely N-dealkylation sites (tertiary alicyclic amines) is 1. The molecule has 0 amide bonds. The van der Waals surface area contributed by atoms with Crippen molar-refractivity contribution in [3.05, 3.63) is 30.0 Å². The molecule has 23 heavy (non-hydrogen) atoms. The third-order valence-corrected chi connectivity index (χ3v) is 4.34. The highest BCUT2D eigenvalue weighted by atomic mass is 16.5. The maximum Gasteiger partial charge on any atom is 0.199 e. The van der Waals surface area contributed by atoms with Crippen LogP contribution in [0.4, 0.5) is 0 Å². The summed E-state index contributed by atoms with van der Waals surface area (Å²) in [6.45, 7) is 5.85. The third-order valence-electron chi connectivity index (χ3n) is 4.34. The van der Waals surface area contributed by atoms with Crippen LogP contribution in [0.3, 0.4) is 0 Å². The van der Waals surface area contributed by atoms with Gasteiger partial charge < -0.3 is 14.1 Å². The largest absolute Gasteiger partial charge is 0.494 e. The molecule has 1 fully saturated rings. The average molecular weight is 315 g/mol. The van der Waals surface area contributed by atoms with Gasteiger partial charge in [-0.1, -0.05) is 13.3 Å². The van der Waals surface area contributed by atoms with Crippen molar-refractivity contribution in [2.24, 2.45) is 0 Å². The van der Waals surface area contributed by atoms with Crippen molar-refractivity contribution < 1.29 is 13.9 Å². The summed E-state index contributed by atoms with van der Waals surface area (Å²) < 4.78 is 11.3. The Morgan fingerprint density at radius 2 is 2.04 bits per heavy atom. The van der Waals surface area contributed by atoms with Gasteiger partial charge in [-0.3, -0.25) is 4.79 Å². The fraction of sp³-hybridized carbons (Fsp3) is 0.526. The van der Waals surface area contributed by atoms with Crippen LogP contribution >= 0.6 is 0 Å². The van der Waals surface area contributed by atoms with Gasteiger partial charge in [0.1, 0.15) is 11.3 Å². The zero-order valence-corrected chi connectivity index (χ0v) is 13.8. The van der Waals surface area contributed by atoms with Crippen molar-refractivity contribution in [3.8, 4) is 5.75 Å². The number of benzene rings is 1. The lowest BCUT2D eigenvalue weighted by molar-refractivity contribution is 0.0934. The number of carbonyl (C=O) groups excluding carboxylic acids is 1. The summed E-state index contributed by atoms with van der Waals surface area (Å²) >= 11 is 0. The molecule has 1 aliphatic heterocycles. The maximum atomic E-state index is 12.4. The summed E-state index contributed by atoms with van der Waals surface area (Å²) in [7, 11) is 0. The van der Waals surface area contributed by atoms with Gasteiger partial charge in [0.15, 0.2) is 11.5 Å². The molecule has 4 heteroatoms. The van der Waals surface area contributed by atoms with Crippen LogP contribution < -0.4 is 4.74 Å². The molecule has 1 aromatic heterocycles. The molecule has 124 valence electrons. The lowest BCUT2D eigenvalue weighted by atomic mass is 10.1. The summed E-state index contributed by atoms with van der Waals surface area (Å²) in [6.07, 6.45) is 5.32. The van der Waals surface area contributed by atoms with Crippen LogP contribution in [0.15, 0.2) is 28.7 Å². The van der Waals surface area contributed by atoms with Crippen LogP contribution in [-0.4, -0.2) is 36.9 Å². The molecule has 0 atom stereocenters. The van der Waals surface area contributed by atoms with E-state index in [-0.39, 0.29) is 5.78 Å². The summed E-state index contributed by atoms with van der Waals surface area (Å²) in [5, 5.41) is 0.930. The van der Waals surface area contributed by atoms with E-state index in [4.69, 9.17) is 9.15 Å². The first-order chi connectivity index (χ1) is 11.3. The Balaban J connectivity index is 1.63. The predicted octanol–water partition coefficient (Wildman–Crippen LogP) is 4.28. The second kappa shape index (κ2) is 7.64. The van der Waals surface area contributed by atoms with E-state index in [1.165, 1.54) is 19.3 Å². The van der Waals surface area contributed by atoms with Gasteiger partial charge in [-0.15, -0.1) is 0 Å². The molecule has 1 saturated heterocycles. The van der Waals surface area contributed by atoms with Crippen molar-refractivity contribution in [2.45, 2.75) is 39.0 Å². The van der Waals surface area contributed by atoms with Gasteiger partial charge in [-0.25, -0.2) is 0 Å². The number of furan rings is 1. The van der Waals surface area contributed by atoms with Crippen LogP contribution in [0.5, 0.6) is 5.75 Å². The van der Waals surface area contributed by atoms with Gasteiger partial charge in [-0.05, 0) is 56.6 Å². The molecule has 0 N–H and O–H groups in total. The number of hydrogen-bond acceptors (Lipinski definition) is 4. The van der Waals surface area contributed by atoms with E-state index in [0.29, 0.717) is 18.8 Å². The Bertz CT molecular complexity index is 656. The van der Waals surface area contributed by atoms with E-state index in [0.717, 1.165) is 42.8 Å². The van der Waals surface area contributed by atoms with Crippen LogP contribution in [0.1, 0.15) is 49.6 Å². The highest BCUT2D eigenvalue weighted by Crippen LogP contribution is 2.25. The minimum absolute atomic E-state index is 0.0859. The molecular weight excluding hydrogens is 290 g/mol. The molecular formula is C19H25NO3. The molecule has 1 aromatic carbocycles. The number of ketones is 1. The SMILES string of the molecule is CCCOc1ccc2oc(C(=O)CCN3CCCCC3)cc2c1. The van der Waals surface area contributed by atoms with Crippen LogP contribution in [0, 0.1) is 0 Å². The van der Waals surface area contributed by atoms with Gasteiger partial charge in [0, 0.05) is 18.4 Å². The van der Waals surface area contributed by atoms with Gasteiger partial charge >= 0.3 is 0 Å². The maximum absolute atomic E-state index is 12.4. The molecule has 4 nitrogen and oxygen atoms in total. The number of ether oxygens (including phenoxy) is 1. The first kappa shape index (κ1) is 16.1. The number of piperidine rings is 1. The lowest BCUT2D eigenvalue weighted by Crippen LogP contribution is -2.31. The summed E-state index contributed by atoms with van der Waals surface area (Å²) in [6, 6.07) is 7.55. The molecule has 3 rings (SSSR count). The minimum atomic E-state index is 0.0859. The number of carbonyl (C=O) groups is 1. The first-order valence-corrected chi connectivity index (χ1v) is 8.68. The van der Waals surface area contributed by atoms with Crippen LogP contribution in [0.2, 0.25) is 0 Å². The molecule has 0 radical (unpaired) electrons. The number of Topliss-reactive ketones (excluding diaryl/α,β-unsaturated/α-hetero) is 1. The minimum Gasteiger partial charge on any atom is -0.494 e. The van der Waals surface area contributed by atoms with Gasteiger partial charge in [0.2, 0.25) is 0 Å². The monoisotopic (exact) mass is 315 g/mol. The molecule has 0 spiro atoms. The molecule has 1 aliphatic rings. The number of rotatable bonds is 7. The Morgan fingerprint density at radius 1 is 1.22 bits per heavy atom. The Kier molecular flexibility index (Phi) is 5.34. The van der Waals surface area contributed by atoms with Crippen molar-refractivity contribution in [1.82, 2.24) is 4.90 Å². The highest BCUT2D eigenvalue weighted by Gasteiger charge is 2.16. The number of hydrogen-bond donors (Lipinski definition) is 0. The predicted molar refractivity (Wildman–Crippen MR) is 91.2 cm³/mol. The van der Waals surface area contributed by atoms with E-state index < -0.39 is 0 Å². The van der Waals surface area contributed by atoms with E-state index in [2.05, 4.69) is 11.8 Å². The number of nitrogens with zero attached hydrogens (tertiary/aromatic N) is 1. The standard InChI is InChI=1S/C19H25NO3/c1-2-12-22-16-6-7-18-15(13-16)14-19(23-18)17(21)8-11-20-9-4-3-5-10-20/h6-7,13-14H,2-5,8-12H2,1H3. The smallest absolute Gasteiger partial charge is 0.199 e. The fourth-order valence-electron chi connectivity index (χ4n) is 3.03. The van der Waals surface area contributed by atoms with Gasteiger partial charge in [0.25, 0.3) is 0 Å². The van der Waals surface area contributed by atoms with Gasteiger partial charge in [-0.2, -0.15) is 0 Å². The Morgan fingerprint density at radius 3 is 2.83 bits per heavy atom. The Labute approximate surface area is 137 Å². The van der Waals surface area contributed by atoms with Gasteiger partial charge in [0.05, 0.1) is 6.61 Å². The number of fused-ring (bicyclic) bond motifs is 1. The van der Waals surface area contributed by atoms with E-state index in [1.807, 2.05) is 24.3 Å². The van der Waals surface area contributed by atoms with Crippen molar-refractivity contribution >= 4 is 16.8 Å². The van der Waals surface area contributed by atoms with Crippen molar-refractivity contribution in [3.63, 3.8) is 0 Å². The van der Waals surface area contributed by atoms with E-state index in [9.17, 15) is 4.79 Å². The molecule has 2 aromatic rings. The molecule has 0 aliphatic carbocycles. The van der Waals surface area contributed by atoms with E-state index >= 15 is 0 Å². The van der Waals surface area contributed by atoms with Crippen molar-refractivity contribution in [1.29, 1.82) is 0 Å². The first-order valence-electron chi connectivity index (χ1n) is 8.68. The summed E-state index contributed by atoms with van der Waals surface area (Å²) in [5.74, 6) is 1.37. The van der Waals surface area contributed by atoms with Crippen molar-refractivity contribution in [2.75, 3.05) is 26.2 Å². The van der Waals surface area contributed by atoms with Crippen LogP contribution in [-0.2, 0) is 0 Å². The third kappa shape index (κ3) is 4.14. The quantitative estimate of drug-likeness (QED) is 0.715. The zero-order chi connectivity index (χ0) is 16.1. The van der Waals surface area contributed by atoms with E-state index in [1.54, 1.807) is 0 Å². The Hall–Kier alpha value is -1.81. The molecule has 2 heterocycles. The fourth-order valence-corrected chi connectivity index (χ4v) is 3.03. The second-order valence-corrected chi connectivity index (χ2v) is 6.23.